The van der Waals surface area contributed by atoms with Gasteiger partial charge < -0.3 is 19.9 Å². The molecule has 0 bridgehead atoms. The summed E-state index contributed by atoms with van der Waals surface area (Å²) in [7, 11) is 3.79. The first-order valence-electron chi connectivity index (χ1n) is 9.74. The fourth-order valence-corrected chi connectivity index (χ4v) is 3.34. The standard InChI is InChI=1S/C21H32FN3O3/c1-21(2,3)28-20(27)25-11-7-9-16(14-25)19(26)23-13-18(24(4)5)15-8-6-10-17(22)12-15/h6,8,10,12,16,18H,7,9,11,13-14H2,1-5H3,(H,23,26)/t16-,18+/m1/s1. The predicted octanol–water partition coefficient (Wildman–Crippen LogP) is 3.19. The van der Waals surface area contributed by atoms with Crippen LogP contribution in [0.4, 0.5) is 9.18 Å². The second-order valence-corrected chi connectivity index (χ2v) is 8.55. The molecule has 1 saturated heterocycles. The Bertz CT molecular complexity index is 688. The van der Waals surface area contributed by atoms with Crippen LogP contribution in [-0.2, 0) is 9.53 Å². The number of piperidine rings is 1. The Kier molecular flexibility index (Phi) is 7.41. The number of halogens is 1. The molecule has 0 aliphatic carbocycles. The number of amides is 2. The van der Waals surface area contributed by atoms with Gasteiger partial charge in [0.05, 0.1) is 12.0 Å². The minimum absolute atomic E-state index is 0.0866. The van der Waals surface area contributed by atoms with Gasteiger partial charge in [-0.25, -0.2) is 9.18 Å². The van der Waals surface area contributed by atoms with E-state index in [2.05, 4.69) is 5.32 Å². The first-order chi connectivity index (χ1) is 13.1. The van der Waals surface area contributed by atoms with E-state index in [4.69, 9.17) is 4.74 Å². The number of carbonyl (C=O) groups excluding carboxylic acids is 2. The molecule has 2 atom stereocenters. The third-order valence-electron chi connectivity index (χ3n) is 4.77. The van der Waals surface area contributed by atoms with Crippen LogP contribution in [0.15, 0.2) is 24.3 Å². The monoisotopic (exact) mass is 393 g/mol. The van der Waals surface area contributed by atoms with Crippen molar-refractivity contribution in [3.63, 3.8) is 0 Å². The molecule has 156 valence electrons. The Morgan fingerprint density at radius 1 is 1.36 bits per heavy atom. The predicted molar refractivity (Wildman–Crippen MR) is 106 cm³/mol. The quantitative estimate of drug-likeness (QED) is 0.835. The summed E-state index contributed by atoms with van der Waals surface area (Å²) in [5, 5.41) is 2.98. The maximum absolute atomic E-state index is 13.6. The lowest BCUT2D eigenvalue weighted by Gasteiger charge is -2.34. The highest BCUT2D eigenvalue weighted by atomic mass is 19.1. The molecule has 1 aromatic carbocycles. The molecular weight excluding hydrogens is 361 g/mol. The summed E-state index contributed by atoms with van der Waals surface area (Å²) in [5.74, 6) is -0.649. The summed E-state index contributed by atoms with van der Waals surface area (Å²) in [4.78, 5) is 28.5. The van der Waals surface area contributed by atoms with Crippen LogP contribution in [0.2, 0.25) is 0 Å². The molecule has 0 aromatic heterocycles. The molecule has 28 heavy (non-hydrogen) atoms. The summed E-state index contributed by atoms with van der Waals surface area (Å²) < 4.78 is 19.0. The van der Waals surface area contributed by atoms with Gasteiger partial charge in [0, 0.05) is 19.6 Å². The number of hydrogen-bond acceptors (Lipinski definition) is 4. The molecule has 2 amide bonds. The van der Waals surface area contributed by atoms with E-state index in [0.717, 1.165) is 18.4 Å². The van der Waals surface area contributed by atoms with Gasteiger partial charge in [0.25, 0.3) is 0 Å². The fraction of sp³-hybridized carbons (Fsp3) is 0.619. The number of hydrogen-bond donors (Lipinski definition) is 1. The number of nitrogens with one attached hydrogen (secondary N) is 1. The highest BCUT2D eigenvalue weighted by molar-refractivity contribution is 5.80. The van der Waals surface area contributed by atoms with Crippen LogP contribution in [0, 0.1) is 11.7 Å². The molecule has 0 radical (unpaired) electrons. The van der Waals surface area contributed by atoms with E-state index in [1.165, 1.54) is 12.1 Å². The third kappa shape index (κ3) is 6.48. The van der Waals surface area contributed by atoms with Crippen LogP contribution in [-0.4, -0.2) is 61.1 Å². The van der Waals surface area contributed by atoms with Crippen molar-refractivity contribution in [3.8, 4) is 0 Å². The Labute approximate surface area is 167 Å². The van der Waals surface area contributed by atoms with E-state index in [1.807, 2.05) is 45.8 Å². The number of rotatable bonds is 5. The number of carbonyl (C=O) groups is 2. The van der Waals surface area contributed by atoms with Crippen molar-refractivity contribution in [2.75, 3.05) is 33.7 Å². The number of nitrogens with zero attached hydrogens (tertiary/aromatic N) is 2. The Morgan fingerprint density at radius 3 is 2.68 bits per heavy atom. The second-order valence-electron chi connectivity index (χ2n) is 8.55. The summed E-state index contributed by atoms with van der Waals surface area (Å²) in [6.07, 6.45) is 1.12. The Hall–Kier alpha value is -2.15. The van der Waals surface area contributed by atoms with Crippen molar-refractivity contribution in [1.29, 1.82) is 0 Å². The molecular formula is C21H32FN3O3. The molecule has 1 fully saturated rings. The van der Waals surface area contributed by atoms with Gasteiger partial charge in [-0.15, -0.1) is 0 Å². The first-order valence-corrected chi connectivity index (χ1v) is 9.74. The van der Waals surface area contributed by atoms with Crippen molar-refractivity contribution >= 4 is 12.0 Å². The minimum Gasteiger partial charge on any atom is -0.444 e. The lowest BCUT2D eigenvalue weighted by Crippen LogP contribution is -2.47. The lowest BCUT2D eigenvalue weighted by atomic mass is 9.97. The average Bonchev–Trinajstić information content (AvgIpc) is 2.60. The summed E-state index contributed by atoms with van der Waals surface area (Å²) in [6.45, 7) is 6.81. The van der Waals surface area contributed by atoms with Crippen LogP contribution < -0.4 is 5.32 Å². The van der Waals surface area contributed by atoms with Gasteiger partial charge in [-0.2, -0.15) is 0 Å². The lowest BCUT2D eigenvalue weighted by molar-refractivity contribution is -0.126. The van der Waals surface area contributed by atoms with Crippen LogP contribution in [0.1, 0.15) is 45.2 Å². The zero-order chi connectivity index (χ0) is 20.9. The SMILES string of the molecule is CN(C)[C@@H](CNC(=O)[C@@H]1CCCN(C(=O)OC(C)(C)C)C1)c1cccc(F)c1. The van der Waals surface area contributed by atoms with E-state index in [9.17, 15) is 14.0 Å². The van der Waals surface area contributed by atoms with E-state index >= 15 is 0 Å². The molecule has 1 heterocycles. The van der Waals surface area contributed by atoms with Gasteiger partial charge in [0.1, 0.15) is 11.4 Å². The summed E-state index contributed by atoms with van der Waals surface area (Å²) >= 11 is 0. The Balaban J connectivity index is 1.94. The molecule has 0 saturated carbocycles. The Morgan fingerprint density at radius 2 is 2.07 bits per heavy atom. The number of ether oxygens (including phenoxy) is 1. The summed E-state index contributed by atoms with van der Waals surface area (Å²) in [6, 6.07) is 6.28. The number of likely N-dealkylation sites (tertiary alicyclic amines) is 1. The van der Waals surface area contributed by atoms with Gasteiger partial charge in [-0.05, 0) is 65.4 Å². The minimum atomic E-state index is -0.559. The van der Waals surface area contributed by atoms with Crippen molar-refractivity contribution in [2.24, 2.45) is 5.92 Å². The number of likely N-dealkylation sites (N-methyl/N-ethyl adjacent to an activating group) is 1. The second kappa shape index (κ2) is 9.37. The van der Waals surface area contributed by atoms with E-state index in [1.54, 1.807) is 11.0 Å². The van der Waals surface area contributed by atoms with Crippen molar-refractivity contribution in [3.05, 3.63) is 35.6 Å². The number of benzene rings is 1. The highest BCUT2D eigenvalue weighted by Crippen LogP contribution is 2.21. The van der Waals surface area contributed by atoms with E-state index < -0.39 is 5.60 Å². The molecule has 1 aliphatic heterocycles. The molecule has 2 rings (SSSR count). The smallest absolute Gasteiger partial charge is 0.410 e. The first kappa shape index (κ1) is 22.1. The largest absolute Gasteiger partial charge is 0.444 e. The van der Waals surface area contributed by atoms with Gasteiger partial charge in [-0.1, -0.05) is 12.1 Å². The van der Waals surface area contributed by atoms with E-state index in [-0.39, 0.29) is 29.8 Å². The van der Waals surface area contributed by atoms with Gasteiger partial charge >= 0.3 is 6.09 Å². The van der Waals surface area contributed by atoms with Crippen LogP contribution in [0.3, 0.4) is 0 Å². The van der Waals surface area contributed by atoms with Crippen molar-refractivity contribution in [1.82, 2.24) is 15.1 Å². The van der Waals surface area contributed by atoms with E-state index in [0.29, 0.717) is 19.6 Å². The molecule has 1 aromatic rings. The van der Waals surface area contributed by atoms with Gasteiger partial charge in [0.15, 0.2) is 0 Å². The summed E-state index contributed by atoms with van der Waals surface area (Å²) in [5.41, 5.74) is 0.250. The van der Waals surface area contributed by atoms with Crippen LogP contribution in [0.5, 0.6) is 0 Å². The van der Waals surface area contributed by atoms with Crippen LogP contribution >= 0.6 is 0 Å². The highest BCUT2D eigenvalue weighted by Gasteiger charge is 2.31. The molecule has 1 N–H and O–H groups in total. The molecule has 1 aliphatic rings. The van der Waals surface area contributed by atoms with Gasteiger partial charge in [-0.3, -0.25) is 4.79 Å². The molecule has 6 nitrogen and oxygen atoms in total. The fourth-order valence-electron chi connectivity index (χ4n) is 3.34. The van der Waals surface area contributed by atoms with Crippen molar-refractivity contribution < 1.29 is 18.7 Å². The van der Waals surface area contributed by atoms with Gasteiger partial charge in [0.2, 0.25) is 5.91 Å². The zero-order valence-corrected chi connectivity index (χ0v) is 17.5. The topological polar surface area (TPSA) is 61.9 Å². The maximum atomic E-state index is 13.6. The maximum Gasteiger partial charge on any atom is 0.410 e. The van der Waals surface area contributed by atoms with Crippen LogP contribution in [0.25, 0.3) is 0 Å². The third-order valence-corrected chi connectivity index (χ3v) is 4.77. The molecule has 0 spiro atoms. The zero-order valence-electron chi connectivity index (χ0n) is 17.5. The normalized spacial score (nSPS) is 18.7. The average molecular weight is 394 g/mol. The molecule has 0 unspecified atom stereocenters. The molecule has 7 heteroatoms. The van der Waals surface area contributed by atoms with Crippen molar-refractivity contribution in [2.45, 2.75) is 45.3 Å².